The fraction of sp³-hybridized carbons (Fsp3) is 0.360. The highest BCUT2D eigenvalue weighted by atomic mass is 16.5. The average Bonchev–Trinajstić information content (AvgIpc) is 3.10. The van der Waals surface area contributed by atoms with E-state index in [2.05, 4.69) is 12.2 Å². The van der Waals surface area contributed by atoms with Gasteiger partial charge in [-0.05, 0) is 55.7 Å². The van der Waals surface area contributed by atoms with Crippen molar-refractivity contribution in [1.82, 2.24) is 4.57 Å². The molecule has 1 aromatic heterocycles. The normalized spacial score (nSPS) is 14.7. The van der Waals surface area contributed by atoms with Crippen molar-refractivity contribution in [2.24, 2.45) is 0 Å². The van der Waals surface area contributed by atoms with Crippen LogP contribution in [-0.4, -0.2) is 22.2 Å². The third-order valence-corrected chi connectivity index (χ3v) is 5.85. The van der Waals surface area contributed by atoms with Crippen LogP contribution in [0.5, 0.6) is 11.5 Å². The highest BCUT2D eigenvalue weighted by Gasteiger charge is 2.29. The van der Waals surface area contributed by atoms with E-state index in [4.69, 9.17) is 4.74 Å². The monoisotopic (exact) mass is 420 g/mol. The second kappa shape index (κ2) is 8.84. The van der Waals surface area contributed by atoms with Gasteiger partial charge in [-0.1, -0.05) is 38.3 Å². The Bertz CT molecular complexity index is 1160. The predicted octanol–water partition coefficient (Wildman–Crippen LogP) is 5.04. The number of aromatic hydroxyl groups is 1. The number of para-hydroxylation sites is 1. The van der Waals surface area contributed by atoms with Crippen LogP contribution in [0.3, 0.4) is 0 Å². The summed E-state index contributed by atoms with van der Waals surface area (Å²) in [7, 11) is 0. The molecule has 162 valence electrons. The van der Waals surface area contributed by atoms with Gasteiger partial charge in [-0.2, -0.15) is 0 Å². The molecule has 1 aliphatic heterocycles. The Balaban J connectivity index is 1.53. The summed E-state index contributed by atoms with van der Waals surface area (Å²) in [4.78, 5) is 26.0. The fourth-order valence-electron chi connectivity index (χ4n) is 4.27. The number of aromatic nitrogens is 1. The summed E-state index contributed by atoms with van der Waals surface area (Å²) in [6.07, 6.45) is 5.26. The Morgan fingerprint density at radius 2 is 1.94 bits per heavy atom. The highest BCUT2D eigenvalue weighted by Crippen LogP contribution is 2.36. The minimum Gasteiger partial charge on any atom is -0.506 e. The van der Waals surface area contributed by atoms with Crippen LogP contribution in [0.4, 0.5) is 5.69 Å². The van der Waals surface area contributed by atoms with E-state index in [0.717, 1.165) is 29.7 Å². The number of carbonyl (C=O) groups excluding carboxylic acids is 1. The van der Waals surface area contributed by atoms with Gasteiger partial charge in [-0.25, -0.2) is 0 Å². The molecule has 31 heavy (non-hydrogen) atoms. The van der Waals surface area contributed by atoms with Crippen molar-refractivity contribution >= 4 is 22.5 Å². The van der Waals surface area contributed by atoms with Crippen LogP contribution < -0.4 is 15.6 Å². The molecule has 0 bridgehead atoms. The van der Waals surface area contributed by atoms with Crippen molar-refractivity contribution in [1.29, 1.82) is 0 Å². The second-order valence-electron chi connectivity index (χ2n) is 8.15. The molecule has 0 saturated carbocycles. The van der Waals surface area contributed by atoms with Crippen molar-refractivity contribution in [3.63, 3.8) is 0 Å². The SMILES string of the molecule is CCCCCCOc1ccc(NC(=O)c2c(O)c3cccc4c3n(c2=O)[C@@H](C)C4)cc1. The number of unbranched alkanes of at least 4 members (excludes halogenated alkanes) is 3. The molecule has 2 heterocycles. The number of hydrogen-bond acceptors (Lipinski definition) is 4. The lowest BCUT2D eigenvalue weighted by Crippen LogP contribution is -2.30. The molecule has 0 unspecified atom stereocenters. The van der Waals surface area contributed by atoms with Gasteiger partial charge in [0.25, 0.3) is 11.5 Å². The number of nitrogens with one attached hydrogen (secondary N) is 1. The lowest BCUT2D eigenvalue weighted by atomic mass is 10.1. The molecule has 1 aliphatic rings. The molecule has 4 rings (SSSR count). The molecule has 0 radical (unpaired) electrons. The maximum Gasteiger partial charge on any atom is 0.268 e. The standard InChI is InChI=1S/C25H28N2O4/c1-3-4-5-6-14-31-19-12-10-18(11-13-19)26-24(29)21-23(28)20-9-7-8-17-15-16(2)27(22(17)20)25(21)30/h7-13,16,28H,3-6,14-15H2,1-2H3,(H,26,29)/t16-/m0/s1. The number of hydrogen-bond donors (Lipinski definition) is 2. The molecule has 6 nitrogen and oxygen atoms in total. The number of carbonyl (C=O) groups is 1. The minimum absolute atomic E-state index is 0.0618. The number of amides is 1. The first-order valence-corrected chi connectivity index (χ1v) is 10.9. The van der Waals surface area contributed by atoms with E-state index in [1.54, 1.807) is 34.9 Å². The molecule has 0 fully saturated rings. The van der Waals surface area contributed by atoms with Crippen LogP contribution in [0.1, 0.15) is 61.5 Å². The number of pyridine rings is 1. The number of rotatable bonds is 8. The van der Waals surface area contributed by atoms with Gasteiger partial charge < -0.3 is 19.7 Å². The van der Waals surface area contributed by atoms with Gasteiger partial charge in [0.1, 0.15) is 17.1 Å². The zero-order valence-corrected chi connectivity index (χ0v) is 18.0. The smallest absolute Gasteiger partial charge is 0.268 e. The molecule has 0 aliphatic carbocycles. The van der Waals surface area contributed by atoms with Gasteiger partial charge in [-0.15, -0.1) is 0 Å². The molecule has 2 N–H and O–H groups in total. The van der Waals surface area contributed by atoms with Crippen molar-refractivity contribution < 1.29 is 14.6 Å². The first kappa shape index (κ1) is 21.0. The summed E-state index contributed by atoms with van der Waals surface area (Å²) in [5, 5.41) is 14.0. The maximum atomic E-state index is 13.1. The summed E-state index contributed by atoms with van der Waals surface area (Å²) in [5.41, 5.74) is 1.57. The van der Waals surface area contributed by atoms with Crippen LogP contribution in [-0.2, 0) is 6.42 Å². The summed E-state index contributed by atoms with van der Waals surface area (Å²) >= 11 is 0. The lowest BCUT2D eigenvalue weighted by Gasteiger charge is -2.14. The molecule has 0 saturated heterocycles. The molecule has 0 spiro atoms. The quantitative estimate of drug-likeness (QED) is 0.501. The number of anilines is 1. The van der Waals surface area contributed by atoms with E-state index in [1.807, 2.05) is 19.1 Å². The van der Waals surface area contributed by atoms with E-state index < -0.39 is 11.5 Å². The average molecular weight is 421 g/mol. The summed E-state index contributed by atoms with van der Waals surface area (Å²) in [5.74, 6) is -0.153. The summed E-state index contributed by atoms with van der Waals surface area (Å²) < 4.78 is 7.35. The Morgan fingerprint density at radius 1 is 1.16 bits per heavy atom. The zero-order chi connectivity index (χ0) is 22.0. The third kappa shape index (κ3) is 4.02. The predicted molar refractivity (Wildman–Crippen MR) is 122 cm³/mol. The fourth-order valence-corrected chi connectivity index (χ4v) is 4.27. The topological polar surface area (TPSA) is 80.6 Å². The molecule has 3 aromatic rings. The van der Waals surface area contributed by atoms with Gasteiger partial charge in [0.05, 0.1) is 12.1 Å². The number of nitrogens with zero attached hydrogens (tertiary/aromatic N) is 1. The first-order chi connectivity index (χ1) is 15.0. The molecule has 1 atom stereocenters. The van der Waals surface area contributed by atoms with E-state index in [1.165, 1.54) is 12.8 Å². The van der Waals surface area contributed by atoms with Gasteiger partial charge in [0, 0.05) is 17.1 Å². The largest absolute Gasteiger partial charge is 0.506 e. The van der Waals surface area contributed by atoms with E-state index in [-0.39, 0.29) is 17.4 Å². The molecule has 1 amide bonds. The lowest BCUT2D eigenvalue weighted by molar-refractivity contribution is 0.102. The number of benzene rings is 2. The van der Waals surface area contributed by atoms with Crippen LogP contribution in [0, 0.1) is 0 Å². The number of ether oxygens (including phenoxy) is 1. The molecule has 2 aromatic carbocycles. The van der Waals surface area contributed by atoms with Crippen LogP contribution in [0.25, 0.3) is 10.9 Å². The molecule has 6 heteroatoms. The van der Waals surface area contributed by atoms with Gasteiger partial charge >= 0.3 is 0 Å². The summed E-state index contributed by atoms with van der Waals surface area (Å²) in [6.45, 7) is 4.78. The molecular formula is C25H28N2O4. The van der Waals surface area contributed by atoms with E-state index >= 15 is 0 Å². The van der Waals surface area contributed by atoms with Gasteiger partial charge in [-0.3, -0.25) is 9.59 Å². The first-order valence-electron chi connectivity index (χ1n) is 10.9. The van der Waals surface area contributed by atoms with Gasteiger partial charge in [0.2, 0.25) is 0 Å². The Labute approximate surface area is 181 Å². The van der Waals surface area contributed by atoms with Crippen molar-refractivity contribution in [3.05, 3.63) is 63.9 Å². The second-order valence-corrected chi connectivity index (χ2v) is 8.15. The van der Waals surface area contributed by atoms with Gasteiger partial charge in [0.15, 0.2) is 0 Å². The van der Waals surface area contributed by atoms with E-state index in [9.17, 15) is 14.7 Å². The zero-order valence-electron chi connectivity index (χ0n) is 18.0. The van der Waals surface area contributed by atoms with Crippen LogP contribution in [0.15, 0.2) is 47.3 Å². The Morgan fingerprint density at radius 3 is 2.68 bits per heavy atom. The highest BCUT2D eigenvalue weighted by molar-refractivity contribution is 6.09. The third-order valence-electron chi connectivity index (χ3n) is 5.85. The van der Waals surface area contributed by atoms with E-state index in [0.29, 0.717) is 24.1 Å². The van der Waals surface area contributed by atoms with Crippen molar-refractivity contribution in [2.75, 3.05) is 11.9 Å². The van der Waals surface area contributed by atoms with Crippen LogP contribution in [0.2, 0.25) is 0 Å². The van der Waals surface area contributed by atoms with Crippen molar-refractivity contribution in [2.45, 2.75) is 52.0 Å². The Hall–Kier alpha value is -3.28. The Kier molecular flexibility index (Phi) is 5.98. The maximum absolute atomic E-state index is 13.1. The minimum atomic E-state index is -0.620. The summed E-state index contributed by atoms with van der Waals surface area (Å²) in [6, 6.07) is 12.5. The molecular weight excluding hydrogens is 392 g/mol. The van der Waals surface area contributed by atoms with Crippen molar-refractivity contribution in [3.8, 4) is 11.5 Å². The van der Waals surface area contributed by atoms with Crippen LogP contribution >= 0.6 is 0 Å².